The molecule has 2 amide bonds. The SMILES string of the molecule is Cc1cc(NC(=O)C(=O)N2CCOCC2)ccc1Br. The Kier molecular flexibility index (Phi) is 4.55. The Labute approximate surface area is 120 Å². The van der Waals surface area contributed by atoms with Gasteiger partial charge < -0.3 is 15.0 Å². The van der Waals surface area contributed by atoms with Crippen LogP contribution in [0.5, 0.6) is 0 Å². The first kappa shape index (κ1) is 14.0. The molecule has 19 heavy (non-hydrogen) atoms. The van der Waals surface area contributed by atoms with Gasteiger partial charge in [-0.1, -0.05) is 15.9 Å². The number of ether oxygens (including phenoxy) is 1. The van der Waals surface area contributed by atoms with E-state index in [1.165, 1.54) is 4.90 Å². The Morgan fingerprint density at radius 2 is 2.00 bits per heavy atom. The van der Waals surface area contributed by atoms with Gasteiger partial charge in [0.2, 0.25) is 0 Å². The fourth-order valence-electron chi connectivity index (χ4n) is 1.82. The van der Waals surface area contributed by atoms with Crippen LogP contribution in [-0.4, -0.2) is 43.0 Å². The number of nitrogens with zero attached hydrogens (tertiary/aromatic N) is 1. The quantitative estimate of drug-likeness (QED) is 0.797. The summed E-state index contributed by atoms with van der Waals surface area (Å²) in [5.41, 5.74) is 1.61. The van der Waals surface area contributed by atoms with Crippen molar-refractivity contribution in [2.45, 2.75) is 6.92 Å². The molecule has 2 rings (SSSR count). The number of halogens is 1. The summed E-state index contributed by atoms with van der Waals surface area (Å²) >= 11 is 3.39. The van der Waals surface area contributed by atoms with Gasteiger partial charge >= 0.3 is 11.8 Å². The van der Waals surface area contributed by atoms with Crippen LogP contribution in [-0.2, 0) is 14.3 Å². The van der Waals surface area contributed by atoms with E-state index in [0.29, 0.717) is 32.0 Å². The van der Waals surface area contributed by atoms with Crippen LogP contribution in [0.3, 0.4) is 0 Å². The predicted octanol–water partition coefficient (Wildman–Crippen LogP) is 1.55. The van der Waals surface area contributed by atoms with Gasteiger partial charge in [0.25, 0.3) is 0 Å². The minimum absolute atomic E-state index is 0.464. The van der Waals surface area contributed by atoms with Gasteiger partial charge in [0.15, 0.2) is 0 Å². The molecule has 0 spiro atoms. The molecule has 1 N–H and O–H groups in total. The van der Waals surface area contributed by atoms with Crippen LogP contribution in [0.1, 0.15) is 5.56 Å². The second-order valence-corrected chi connectivity index (χ2v) is 5.18. The molecule has 6 heteroatoms. The lowest BCUT2D eigenvalue weighted by Crippen LogP contribution is -2.45. The first-order chi connectivity index (χ1) is 9.08. The summed E-state index contributed by atoms with van der Waals surface area (Å²) in [7, 11) is 0. The van der Waals surface area contributed by atoms with Crippen LogP contribution in [0.2, 0.25) is 0 Å². The maximum Gasteiger partial charge on any atom is 0.313 e. The summed E-state index contributed by atoms with van der Waals surface area (Å²) in [6, 6.07) is 5.40. The third-order valence-corrected chi connectivity index (χ3v) is 3.80. The van der Waals surface area contributed by atoms with Crippen LogP contribution >= 0.6 is 15.9 Å². The van der Waals surface area contributed by atoms with Crippen molar-refractivity contribution in [2.24, 2.45) is 0 Å². The number of amides is 2. The van der Waals surface area contributed by atoms with E-state index in [-0.39, 0.29) is 0 Å². The predicted molar refractivity (Wildman–Crippen MR) is 74.9 cm³/mol. The third kappa shape index (κ3) is 3.54. The summed E-state index contributed by atoms with van der Waals surface area (Å²) in [5, 5.41) is 2.62. The zero-order chi connectivity index (χ0) is 13.8. The van der Waals surface area contributed by atoms with Crippen LogP contribution in [0.4, 0.5) is 5.69 Å². The van der Waals surface area contributed by atoms with Crippen molar-refractivity contribution in [1.82, 2.24) is 4.90 Å². The normalized spacial score (nSPS) is 15.2. The lowest BCUT2D eigenvalue weighted by Gasteiger charge is -2.26. The zero-order valence-corrected chi connectivity index (χ0v) is 12.2. The number of rotatable bonds is 1. The van der Waals surface area contributed by atoms with Crippen LogP contribution in [0, 0.1) is 6.92 Å². The first-order valence-corrected chi connectivity index (χ1v) is 6.81. The second-order valence-electron chi connectivity index (χ2n) is 4.32. The number of carbonyl (C=O) groups excluding carboxylic acids is 2. The summed E-state index contributed by atoms with van der Waals surface area (Å²) in [4.78, 5) is 25.3. The van der Waals surface area contributed by atoms with E-state index in [4.69, 9.17) is 4.74 Å². The molecular formula is C13H15BrN2O3. The number of benzene rings is 1. The number of anilines is 1. The Morgan fingerprint density at radius 1 is 1.32 bits per heavy atom. The van der Waals surface area contributed by atoms with E-state index in [1.807, 2.05) is 19.1 Å². The van der Waals surface area contributed by atoms with Crippen LogP contribution in [0.25, 0.3) is 0 Å². The molecule has 1 aliphatic heterocycles. The number of hydrogen-bond acceptors (Lipinski definition) is 3. The van der Waals surface area contributed by atoms with E-state index < -0.39 is 11.8 Å². The highest BCUT2D eigenvalue weighted by molar-refractivity contribution is 9.10. The monoisotopic (exact) mass is 326 g/mol. The Hall–Kier alpha value is -1.40. The lowest BCUT2D eigenvalue weighted by molar-refractivity contribution is -0.145. The van der Waals surface area contributed by atoms with Gasteiger partial charge in [-0.25, -0.2) is 0 Å². The van der Waals surface area contributed by atoms with Gasteiger partial charge in [0, 0.05) is 23.2 Å². The van der Waals surface area contributed by atoms with Crippen molar-refractivity contribution in [3.8, 4) is 0 Å². The number of aryl methyl sites for hydroxylation is 1. The average Bonchev–Trinajstić information content (AvgIpc) is 2.43. The van der Waals surface area contributed by atoms with Crippen molar-refractivity contribution < 1.29 is 14.3 Å². The standard InChI is InChI=1S/C13H15BrN2O3/c1-9-8-10(2-3-11(9)14)15-12(17)13(18)16-4-6-19-7-5-16/h2-3,8H,4-7H2,1H3,(H,15,17). The number of nitrogens with one attached hydrogen (secondary N) is 1. The highest BCUT2D eigenvalue weighted by Crippen LogP contribution is 2.20. The molecule has 5 nitrogen and oxygen atoms in total. The van der Waals surface area contributed by atoms with E-state index in [0.717, 1.165) is 10.0 Å². The molecule has 0 saturated carbocycles. The second kappa shape index (κ2) is 6.16. The van der Waals surface area contributed by atoms with Gasteiger partial charge in [0.05, 0.1) is 13.2 Å². The number of carbonyl (C=O) groups is 2. The average molecular weight is 327 g/mol. The fraction of sp³-hybridized carbons (Fsp3) is 0.385. The maximum absolute atomic E-state index is 11.9. The molecule has 102 valence electrons. The van der Waals surface area contributed by atoms with Gasteiger partial charge in [0.1, 0.15) is 0 Å². The Morgan fingerprint density at radius 3 is 2.63 bits per heavy atom. The fourth-order valence-corrected chi connectivity index (χ4v) is 2.06. The summed E-state index contributed by atoms with van der Waals surface area (Å²) in [5.74, 6) is -1.12. The van der Waals surface area contributed by atoms with Crippen molar-refractivity contribution >= 4 is 33.4 Å². The molecule has 0 bridgehead atoms. The largest absolute Gasteiger partial charge is 0.378 e. The van der Waals surface area contributed by atoms with Crippen molar-refractivity contribution in [3.05, 3.63) is 28.2 Å². The molecule has 0 aromatic heterocycles. The third-order valence-electron chi connectivity index (χ3n) is 2.91. The summed E-state index contributed by atoms with van der Waals surface area (Å²) in [6.45, 7) is 3.81. The molecule has 1 aliphatic rings. The molecule has 1 aromatic rings. The molecule has 1 fully saturated rings. The molecule has 1 saturated heterocycles. The van der Waals surface area contributed by atoms with Gasteiger partial charge in [-0.2, -0.15) is 0 Å². The van der Waals surface area contributed by atoms with Crippen LogP contribution < -0.4 is 5.32 Å². The van der Waals surface area contributed by atoms with Gasteiger partial charge in [-0.15, -0.1) is 0 Å². The van der Waals surface area contributed by atoms with E-state index >= 15 is 0 Å². The van der Waals surface area contributed by atoms with E-state index in [9.17, 15) is 9.59 Å². The van der Waals surface area contributed by atoms with Crippen molar-refractivity contribution in [2.75, 3.05) is 31.6 Å². The van der Waals surface area contributed by atoms with Gasteiger partial charge in [-0.3, -0.25) is 9.59 Å². The smallest absolute Gasteiger partial charge is 0.313 e. The first-order valence-electron chi connectivity index (χ1n) is 6.02. The Bertz CT molecular complexity index is 499. The molecule has 0 atom stereocenters. The number of morpholine rings is 1. The highest BCUT2D eigenvalue weighted by atomic mass is 79.9. The highest BCUT2D eigenvalue weighted by Gasteiger charge is 2.23. The molecular weight excluding hydrogens is 312 g/mol. The lowest BCUT2D eigenvalue weighted by atomic mass is 10.2. The van der Waals surface area contributed by atoms with E-state index in [1.54, 1.807) is 6.07 Å². The van der Waals surface area contributed by atoms with Gasteiger partial charge in [-0.05, 0) is 30.7 Å². The maximum atomic E-state index is 11.9. The topological polar surface area (TPSA) is 58.6 Å². The minimum atomic E-state index is -0.608. The molecule has 0 aliphatic carbocycles. The Balaban J connectivity index is 1.99. The minimum Gasteiger partial charge on any atom is -0.378 e. The van der Waals surface area contributed by atoms with E-state index in [2.05, 4.69) is 21.2 Å². The van der Waals surface area contributed by atoms with Crippen molar-refractivity contribution in [3.63, 3.8) is 0 Å². The molecule has 1 heterocycles. The van der Waals surface area contributed by atoms with Crippen LogP contribution in [0.15, 0.2) is 22.7 Å². The zero-order valence-electron chi connectivity index (χ0n) is 10.6. The molecule has 0 unspecified atom stereocenters. The number of hydrogen-bond donors (Lipinski definition) is 1. The molecule has 1 aromatic carbocycles. The van der Waals surface area contributed by atoms with Crippen molar-refractivity contribution in [1.29, 1.82) is 0 Å². The molecule has 0 radical (unpaired) electrons. The summed E-state index contributed by atoms with van der Waals surface area (Å²) < 4.78 is 6.11. The summed E-state index contributed by atoms with van der Waals surface area (Å²) in [6.07, 6.45) is 0.